The van der Waals surface area contributed by atoms with E-state index in [2.05, 4.69) is 31.7 Å². The molecule has 0 bridgehead atoms. The van der Waals surface area contributed by atoms with Gasteiger partial charge in [0.25, 0.3) is 5.91 Å². The Morgan fingerprint density at radius 3 is 2.65 bits per heavy atom. The third-order valence-electron chi connectivity index (χ3n) is 6.26. The van der Waals surface area contributed by atoms with E-state index in [0.717, 1.165) is 27.7 Å². The van der Waals surface area contributed by atoms with Gasteiger partial charge >= 0.3 is 5.97 Å². The zero-order valence-electron chi connectivity index (χ0n) is 21.8. The maximum Gasteiger partial charge on any atom is 0.343 e. The lowest BCUT2D eigenvalue weighted by Crippen LogP contribution is -2.31. The van der Waals surface area contributed by atoms with Gasteiger partial charge in [-0.15, -0.1) is 0 Å². The molecule has 1 amide bonds. The summed E-state index contributed by atoms with van der Waals surface area (Å²) in [7, 11) is 2.80. The molecule has 5 rings (SSSR count). The van der Waals surface area contributed by atoms with Crippen molar-refractivity contribution in [2.45, 2.75) is 6.42 Å². The number of amidine groups is 1. The summed E-state index contributed by atoms with van der Waals surface area (Å²) in [4.78, 5) is 35.6. The van der Waals surface area contributed by atoms with Crippen LogP contribution in [0.5, 0.6) is 11.5 Å². The molecule has 204 valence electrons. The summed E-state index contributed by atoms with van der Waals surface area (Å²) in [6.07, 6.45) is 4.47. The molecule has 40 heavy (non-hydrogen) atoms. The number of ether oxygens (including phenoxy) is 3. The number of hydrogen-bond donors (Lipinski definition) is 1. The highest BCUT2D eigenvalue weighted by molar-refractivity contribution is 9.10. The maximum atomic E-state index is 13.7. The van der Waals surface area contributed by atoms with Crippen LogP contribution < -0.4 is 9.47 Å². The SMILES string of the molecule is COC(=O)COc1c(Br)cc(/C=C2/SC(=Nc3ccccc3)N(CCc3c[nH]c4ccccc34)C2=O)cc1OC. The van der Waals surface area contributed by atoms with Crippen molar-refractivity contribution >= 4 is 67.4 Å². The molecular weight excluding hydrogens is 594 g/mol. The zero-order valence-corrected chi connectivity index (χ0v) is 24.3. The number of aromatic amines is 1. The first-order valence-corrected chi connectivity index (χ1v) is 14.0. The number of fused-ring (bicyclic) bond motifs is 1. The monoisotopic (exact) mass is 619 g/mol. The van der Waals surface area contributed by atoms with Crippen molar-refractivity contribution < 1.29 is 23.8 Å². The van der Waals surface area contributed by atoms with Gasteiger partial charge in [-0.2, -0.15) is 0 Å². The van der Waals surface area contributed by atoms with Crippen molar-refractivity contribution in [3.63, 3.8) is 0 Å². The first-order chi connectivity index (χ1) is 19.5. The van der Waals surface area contributed by atoms with Crippen LogP contribution in [0.15, 0.2) is 87.3 Å². The van der Waals surface area contributed by atoms with Crippen LogP contribution in [-0.2, 0) is 20.7 Å². The molecule has 4 aromatic rings. The molecule has 0 spiro atoms. The molecule has 0 saturated carbocycles. The Kier molecular flexibility index (Phi) is 8.57. The molecule has 1 fully saturated rings. The van der Waals surface area contributed by atoms with Crippen LogP contribution in [0.25, 0.3) is 17.0 Å². The lowest BCUT2D eigenvalue weighted by Gasteiger charge is -2.15. The number of esters is 1. The van der Waals surface area contributed by atoms with Gasteiger partial charge in [0.05, 0.1) is 29.3 Å². The maximum absolute atomic E-state index is 13.7. The molecule has 1 saturated heterocycles. The van der Waals surface area contributed by atoms with E-state index in [1.165, 1.54) is 26.0 Å². The van der Waals surface area contributed by atoms with Crippen molar-refractivity contribution in [3.8, 4) is 11.5 Å². The van der Waals surface area contributed by atoms with Crippen LogP contribution in [0.4, 0.5) is 5.69 Å². The third kappa shape index (κ3) is 6.08. The molecule has 1 aromatic heterocycles. The molecule has 1 aliphatic heterocycles. The van der Waals surface area contributed by atoms with Gasteiger partial charge in [-0.05, 0) is 81.6 Å². The largest absolute Gasteiger partial charge is 0.493 e. The van der Waals surface area contributed by atoms with Crippen LogP contribution in [0.2, 0.25) is 0 Å². The third-order valence-corrected chi connectivity index (χ3v) is 7.86. The Hall–Kier alpha value is -4.02. The number of nitrogens with zero attached hydrogens (tertiary/aromatic N) is 2. The highest BCUT2D eigenvalue weighted by Gasteiger charge is 2.33. The van der Waals surface area contributed by atoms with Gasteiger partial charge in [0.15, 0.2) is 23.3 Å². The van der Waals surface area contributed by atoms with E-state index in [1.807, 2.05) is 54.7 Å². The number of halogens is 1. The van der Waals surface area contributed by atoms with Gasteiger partial charge in [0, 0.05) is 23.6 Å². The van der Waals surface area contributed by atoms with Crippen molar-refractivity contribution in [2.75, 3.05) is 27.4 Å². The summed E-state index contributed by atoms with van der Waals surface area (Å²) in [5.74, 6) is 0.147. The minimum absolute atomic E-state index is 0.124. The van der Waals surface area contributed by atoms with E-state index < -0.39 is 5.97 Å². The van der Waals surface area contributed by atoms with Gasteiger partial charge in [0.2, 0.25) is 0 Å². The number of aromatic nitrogens is 1. The second kappa shape index (κ2) is 12.4. The summed E-state index contributed by atoms with van der Waals surface area (Å²) in [6.45, 7) is 0.217. The first-order valence-electron chi connectivity index (χ1n) is 12.4. The van der Waals surface area contributed by atoms with E-state index >= 15 is 0 Å². The number of nitrogens with one attached hydrogen (secondary N) is 1. The average Bonchev–Trinajstić information content (AvgIpc) is 3.51. The molecule has 2 heterocycles. The fourth-order valence-corrected chi connectivity index (χ4v) is 5.88. The second-order valence-corrected chi connectivity index (χ2v) is 10.7. The van der Waals surface area contributed by atoms with Crippen LogP contribution in [0.1, 0.15) is 11.1 Å². The fraction of sp³-hybridized carbons (Fsp3) is 0.167. The molecule has 0 radical (unpaired) electrons. The Morgan fingerprint density at radius 2 is 1.88 bits per heavy atom. The minimum Gasteiger partial charge on any atom is -0.493 e. The number of para-hydroxylation sites is 2. The van der Waals surface area contributed by atoms with E-state index in [9.17, 15) is 9.59 Å². The number of H-pyrrole nitrogens is 1. The van der Waals surface area contributed by atoms with Crippen molar-refractivity contribution in [1.29, 1.82) is 0 Å². The molecule has 0 atom stereocenters. The number of methoxy groups -OCH3 is 2. The lowest BCUT2D eigenvalue weighted by atomic mass is 10.1. The van der Waals surface area contributed by atoms with Gasteiger partial charge in [-0.25, -0.2) is 9.79 Å². The molecule has 1 aliphatic rings. The molecular formula is C30H26BrN3O5S. The van der Waals surface area contributed by atoms with E-state index in [1.54, 1.807) is 23.1 Å². The highest BCUT2D eigenvalue weighted by Crippen LogP contribution is 2.39. The van der Waals surface area contributed by atoms with E-state index in [0.29, 0.717) is 39.0 Å². The molecule has 3 aromatic carbocycles. The van der Waals surface area contributed by atoms with Crippen molar-refractivity contribution in [2.24, 2.45) is 4.99 Å². The number of aliphatic imine (C=N–C) groups is 1. The number of hydrogen-bond acceptors (Lipinski definition) is 7. The van der Waals surface area contributed by atoms with Gasteiger partial charge < -0.3 is 19.2 Å². The number of thioether (sulfide) groups is 1. The standard InChI is InChI=1S/C30H26BrN3O5S/c1-37-25-15-19(14-23(31)28(25)39-18-27(35)38-2)16-26-29(36)34(30(40-26)33-21-8-4-3-5-9-21)13-12-20-17-32-24-11-7-6-10-22(20)24/h3-11,14-17,32H,12-13,18H2,1-2H3/b26-16+,33-30?. The van der Waals surface area contributed by atoms with Gasteiger partial charge in [-0.1, -0.05) is 36.4 Å². The molecule has 0 unspecified atom stereocenters. The topological polar surface area (TPSA) is 93.2 Å². The van der Waals surface area contributed by atoms with Crippen LogP contribution in [0.3, 0.4) is 0 Å². The Morgan fingerprint density at radius 1 is 1.10 bits per heavy atom. The Balaban J connectivity index is 1.44. The van der Waals surface area contributed by atoms with Crippen molar-refractivity contribution in [1.82, 2.24) is 9.88 Å². The minimum atomic E-state index is -0.508. The molecule has 8 nitrogen and oxygen atoms in total. The Bertz CT molecular complexity index is 1620. The number of carbonyl (C=O) groups is 2. The molecule has 0 aliphatic carbocycles. The predicted octanol–water partition coefficient (Wildman–Crippen LogP) is 6.34. The zero-order chi connectivity index (χ0) is 28.1. The second-order valence-electron chi connectivity index (χ2n) is 8.81. The number of benzene rings is 3. The number of carbonyl (C=O) groups excluding carboxylic acids is 2. The van der Waals surface area contributed by atoms with Gasteiger partial charge in [0.1, 0.15) is 0 Å². The number of amides is 1. The van der Waals surface area contributed by atoms with Crippen LogP contribution in [-0.4, -0.2) is 54.3 Å². The lowest BCUT2D eigenvalue weighted by molar-refractivity contribution is -0.143. The Labute approximate surface area is 244 Å². The average molecular weight is 621 g/mol. The summed E-state index contributed by atoms with van der Waals surface area (Å²) in [5.41, 5.74) is 3.70. The van der Waals surface area contributed by atoms with E-state index in [4.69, 9.17) is 14.5 Å². The van der Waals surface area contributed by atoms with Gasteiger partial charge in [-0.3, -0.25) is 9.69 Å². The quantitative estimate of drug-likeness (QED) is 0.174. The fourth-order valence-electron chi connectivity index (χ4n) is 4.28. The molecule has 1 N–H and O–H groups in total. The smallest absolute Gasteiger partial charge is 0.343 e. The molecule has 10 heteroatoms. The summed E-state index contributed by atoms with van der Waals surface area (Å²) >= 11 is 4.82. The normalized spacial score (nSPS) is 15.3. The van der Waals surface area contributed by atoms with Crippen LogP contribution in [0, 0.1) is 0 Å². The first kappa shape index (κ1) is 27.5. The summed E-state index contributed by atoms with van der Waals surface area (Å²) in [6, 6.07) is 21.3. The number of rotatable bonds is 9. The highest BCUT2D eigenvalue weighted by atomic mass is 79.9. The summed E-state index contributed by atoms with van der Waals surface area (Å²) in [5, 5.41) is 1.76. The summed E-state index contributed by atoms with van der Waals surface area (Å²) < 4.78 is 16.3. The van der Waals surface area contributed by atoms with Crippen molar-refractivity contribution in [3.05, 3.63) is 93.4 Å². The van der Waals surface area contributed by atoms with Crippen LogP contribution >= 0.6 is 27.7 Å². The van der Waals surface area contributed by atoms with E-state index in [-0.39, 0.29) is 12.5 Å². The predicted molar refractivity (Wildman–Crippen MR) is 161 cm³/mol.